The topological polar surface area (TPSA) is 75.3 Å². The summed E-state index contributed by atoms with van der Waals surface area (Å²) in [5.41, 5.74) is 3.18. The van der Waals surface area contributed by atoms with Crippen LogP contribution in [-0.2, 0) is 10.0 Å². The molecule has 0 aliphatic rings. The summed E-state index contributed by atoms with van der Waals surface area (Å²) in [4.78, 5) is 8.08. The lowest BCUT2D eigenvalue weighted by Crippen LogP contribution is -2.22. The van der Waals surface area contributed by atoms with Crippen molar-refractivity contribution in [3.05, 3.63) is 48.0 Å². The fourth-order valence-corrected chi connectivity index (χ4v) is 3.99. The number of fused-ring (bicyclic) bond motifs is 1. The average molecular weight is 392 g/mol. The number of sulfonamides is 1. The van der Waals surface area contributed by atoms with Gasteiger partial charge in [0, 0.05) is 19.8 Å². The Kier molecular flexibility index (Phi) is 5.55. The molecule has 8 heteroatoms. The van der Waals surface area contributed by atoms with E-state index in [1.165, 1.54) is 24.0 Å². The molecule has 138 valence electrons. The van der Waals surface area contributed by atoms with E-state index in [0.29, 0.717) is 12.4 Å². The number of benzene rings is 2. The van der Waals surface area contributed by atoms with Crippen molar-refractivity contribution in [3.8, 4) is 5.75 Å². The van der Waals surface area contributed by atoms with E-state index in [0.717, 1.165) is 21.9 Å². The van der Waals surface area contributed by atoms with Gasteiger partial charge < -0.3 is 9.72 Å². The maximum Gasteiger partial charge on any atom is 0.242 e. The van der Waals surface area contributed by atoms with Crippen molar-refractivity contribution in [2.75, 3.05) is 26.5 Å². The van der Waals surface area contributed by atoms with Gasteiger partial charge in [-0.05, 0) is 48.9 Å². The third kappa shape index (κ3) is 4.20. The van der Waals surface area contributed by atoms with E-state index in [9.17, 15) is 8.42 Å². The predicted octanol–water partition coefficient (Wildman–Crippen LogP) is 3.29. The third-order valence-corrected chi connectivity index (χ3v) is 6.48. The highest BCUT2D eigenvalue weighted by Gasteiger charge is 2.16. The van der Waals surface area contributed by atoms with E-state index in [2.05, 4.69) is 23.0 Å². The number of hydrogen-bond acceptors (Lipinski definition) is 5. The van der Waals surface area contributed by atoms with E-state index in [1.807, 2.05) is 12.1 Å². The summed E-state index contributed by atoms with van der Waals surface area (Å²) in [6, 6.07) is 12.6. The lowest BCUT2D eigenvalue weighted by Gasteiger charge is -2.12. The van der Waals surface area contributed by atoms with E-state index >= 15 is 0 Å². The van der Waals surface area contributed by atoms with Crippen LogP contribution < -0.4 is 4.74 Å². The Bertz CT molecular complexity index is 996. The smallest absolute Gasteiger partial charge is 0.242 e. The molecule has 0 aliphatic heterocycles. The van der Waals surface area contributed by atoms with Gasteiger partial charge in [-0.3, -0.25) is 0 Å². The number of aromatic amines is 1. The largest absolute Gasteiger partial charge is 0.493 e. The normalized spacial score (nSPS) is 12.0. The Hall–Kier alpha value is -2.03. The molecule has 0 aliphatic carbocycles. The molecule has 0 amide bonds. The molecule has 0 fully saturated rings. The van der Waals surface area contributed by atoms with Crippen LogP contribution >= 0.6 is 11.8 Å². The van der Waals surface area contributed by atoms with Gasteiger partial charge in [0.05, 0.1) is 22.5 Å². The standard InChI is InChI=1S/C18H21N3O3S2/c1-13-4-9-16-17(12-13)20-18(19-16)25-11-10-24-14-5-7-15(8-6-14)26(22,23)21(2)3/h4-9,12H,10-11H2,1-3H3,(H,19,20). The molecule has 0 saturated heterocycles. The molecule has 0 saturated carbocycles. The molecule has 1 heterocycles. The molecule has 1 N–H and O–H groups in total. The minimum Gasteiger partial charge on any atom is -0.493 e. The van der Waals surface area contributed by atoms with Crippen LogP contribution in [0.2, 0.25) is 0 Å². The van der Waals surface area contributed by atoms with Crippen LogP contribution in [0.4, 0.5) is 0 Å². The Morgan fingerprint density at radius 2 is 1.88 bits per heavy atom. The van der Waals surface area contributed by atoms with Crippen molar-refractivity contribution in [1.29, 1.82) is 0 Å². The zero-order valence-electron chi connectivity index (χ0n) is 14.9. The molecule has 26 heavy (non-hydrogen) atoms. The molecule has 3 rings (SSSR count). The van der Waals surface area contributed by atoms with Crippen LogP contribution in [0, 0.1) is 6.92 Å². The first kappa shape index (κ1) is 18.8. The van der Waals surface area contributed by atoms with Gasteiger partial charge in [-0.2, -0.15) is 0 Å². The Balaban J connectivity index is 1.53. The molecule has 0 atom stereocenters. The summed E-state index contributed by atoms with van der Waals surface area (Å²) in [6.07, 6.45) is 0. The van der Waals surface area contributed by atoms with Crippen molar-refractivity contribution in [2.24, 2.45) is 0 Å². The van der Waals surface area contributed by atoms with Gasteiger partial charge >= 0.3 is 0 Å². The third-order valence-electron chi connectivity index (χ3n) is 3.81. The molecule has 0 spiro atoms. The summed E-state index contributed by atoms with van der Waals surface area (Å²) >= 11 is 1.59. The second-order valence-corrected chi connectivity index (χ2v) is 9.25. The highest BCUT2D eigenvalue weighted by molar-refractivity contribution is 7.99. The minimum atomic E-state index is -3.41. The van der Waals surface area contributed by atoms with Crippen LogP contribution in [-0.4, -0.2) is 49.1 Å². The highest BCUT2D eigenvalue weighted by atomic mass is 32.2. The first-order valence-corrected chi connectivity index (χ1v) is 10.5. The molecular formula is C18H21N3O3S2. The number of imidazole rings is 1. The monoisotopic (exact) mass is 391 g/mol. The van der Waals surface area contributed by atoms with Gasteiger partial charge in [0.25, 0.3) is 0 Å². The average Bonchev–Trinajstić information content (AvgIpc) is 3.01. The SMILES string of the molecule is Cc1ccc2nc(SCCOc3ccc(S(=O)(=O)N(C)C)cc3)[nH]c2c1. The maximum atomic E-state index is 12.0. The van der Waals surface area contributed by atoms with Crippen molar-refractivity contribution in [1.82, 2.24) is 14.3 Å². The van der Waals surface area contributed by atoms with Gasteiger partial charge in [-0.15, -0.1) is 0 Å². The molecule has 3 aromatic rings. The maximum absolute atomic E-state index is 12.0. The molecule has 0 unspecified atom stereocenters. The van der Waals surface area contributed by atoms with E-state index in [1.54, 1.807) is 36.0 Å². The quantitative estimate of drug-likeness (QED) is 0.494. The van der Waals surface area contributed by atoms with Crippen LogP contribution in [0.15, 0.2) is 52.5 Å². The predicted molar refractivity (Wildman–Crippen MR) is 104 cm³/mol. The Labute approximate surface area is 157 Å². The first-order valence-electron chi connectivity index (χ1n) is 8.11. The number of ether oxygens (including phenoxy) is 1. The van der Waals surface area contributed by atoms with Crippen LogP contribution in [0.5, 0.6) is 5.75 Å². The summed E-state index contributed by atoms with van der Waals surface area (Å²) in [7, 11) is -0.389. The number of rotatable bonds is 7. The fraction of sp³-hybridized carbons (Fsp3) is 0.278. The summed E-state index contributed by atoms with van der Waals surface area (Å²) < 4.78 is 30.9. The van der Waals surface area contributed by atoms with Crippen LogP contribution in [0.3, 0.4) is 0 Å². The second-order valence-electron chi connectivity index (χ2n) is 6.02. The Morgan fingerprint density at radius 3 is 2.58 bits per heavy atom. The van der Waals surface area contributed by atoms with Crippen molar-refractivity contribution in [2.45, 2.75) is 17.0 Å². The zero-order valence-corrected chi connectivity index (χ0v) is 16.5. The molecule has 2 aromatic carbocycles. The molecule has 0 radical (unpaired) electrons. The van der Waals surface area contributed by atoms with Crippen molar-refractivity contribution >= 4 is 32.8 Å². The van der Waals surface area contributed by atoms with Gasteiger partial charge in [-0.1, -0.05) is 17.8 Å². The first-order chi connectivity index (χ1) is 12.4. The van der Waals surface area contributed by atoms with E-state index < -0.39 is 10.0 Å². The number of aromatic nitrogens is 2. The minimum absolute atomic E-state index is 0.252. The van der Waals surface area contributed by atoms with Crippen molar-refractivity contribution < 1.29 is 13.2 Å². The van der Waals surface area contributed by atoms with Crippen LogP contribution in [0.1, 0.15) is 5.56 Å². The van der Waals surface area contributed by atoms with Gasteiger partial charge in [0.2, 0.25) is 10.0 Å². The molecule has 6 nitrogen and oxygen atoms in total. The summed E-state index contributed by atoms with van der Waals surface area (Å²) in [6.45, 7) is 2.55. The molecule has 0 bridgehead atoms. The lowest BCUT2D eigenvalue weighted by atomic mass is 10.2. The molecular weight excluding hydrogens is 370 g/mol. The van der Waals surface area contributed by atoms with Crippen LogP contribution in [0.25, 0.3) is 11.0 Å². The second kappa shape index (κ2) is 7.69. The molecule has 1 aromatic heterocycles. The number of hydrogen-bond donors (Lipinski definition) is 1. The summed E-state index contributed by atoms with van der Waals surface area (Å²) in [5, 5.41) is 0.863. The van der Waals surface area contributed by atoms with E-state index in [4.69, 9.17) is 4.74 Å². The Morgan fingerprint density at radius 1 is 1.15 bits per heavy atom. The number of nitrogens with one attached hydrogen (secondary N) is 1. The number of aryl methyl sites for hydroxylation is 1. The number of nitrogens with zero attached hydrogens (tertiary/aromatic N) is 2. The number of H-pyrrole nitrogens is 1. The number of thioether (sulfide) groups is 1. The zero-order chi connectivity index (χ0) is 18.7. The summed E-state index contributed by atoms with van der Waals surface area (Å²) in [5.74, 6) is 1.37. The van der Waals surface area contributed by atoms with E-state index in [-0.39, 0.29) is 4.90 Å². The fourth-order valence-electron chi connectivity index (χ4n) is 2.38. The lowest BCUT2D eigenvalue weighted by molar-refractivity contribution is 0.343. The van der Waals surface area contributed by atoms with Crippen molar-refractivity contribution in [3.63, 3.8) is 0 Å². The van der Waals surface area contributed by atoms with Gasteiger partial charge in [0.15, 0.2) is 5.16 Å². The van der Waals surface area contributed by atoms with Gasteiger partial charge in [0.1, 0.15) is 5.75 Å². The highest BCUT2D eigenvalue weighted by Crippen LogP contribution is 2.21. The van der Waals surface area contributed by atoms with Gasteiger partial charge in [-0.25, -0.2) is 17.7 Å².